The smallest absolute Gasteiger partial charge is 0.336 e. The Balaban J connectivity index is 2.67. The molecule has 15 heavy (non-hydrogen) atoms. The number of nitrogens with zero attached hydrogens (tertiary/aromatic N) is 2. The second-order valence-electron chi connectivity index (χ2n) is 3.38. The summed E-state index contributed by atoms with van der Waals surface area (Å²) in [5.41, 5.74) is 2.29. The Hall–Kier alpha value is -2.17. The largest absolute Gasteiger partial charge is 0.420 e. The summed E-state index contributed by atoms with van der Waals surface area (Å²) in [5.74, 6) is 0. The van der Waals surface area contributed by atoms with E-state index in [0.717, 1.165) is 10.9 Å². The van der Waals surface area contributed by atoms with Crippen molar-refractivity contribution in [3.8, 4) is 0 Å². The third-order valence-corrected chi connectivity index (χ3v) is 2.40. The van der Waals surface area contributed by atoms with Gasteiger partial charge in [0.25, 0.3) is 0 Å². The number of benzene rings is 1. The lowest BCUT2D eigenvalue weighted by molar-refractivity contribution is 0.562. The number of H-pyrrole nitrogens is 1. The first-order valence-corrected chi connectivity index (χ1v) is 4.49. The van der Waals surface area contributed by atoms with Gasteiger partial charge in [0.05, 0.1) is 0 Å². The third-order valence-electron chi connectivity index (χ3n) is 2.40. The monoisotopic (exact) mass is 201 g/mol. The fourth-order valence-corrected chi connectivity index (χ4v) is 1.69. The Bertz CT molecular complexity index is 711. The first-order valence-electron chi connectivity index (χ1n) is 4.49. The molecule has 2 aromatic heterocycles. The zero-order valence-electron chi connectivity index (χ0n) is 7.94. The second-order valence-corrected chi connectivity index (χ2v) is 3.38. The van der Waals surface area contributed by atoms with Crippen molar-refractivity contribution in [3.63, 3.8) is 0 Å². The number of fused-ring (bicyclic) bond motifs is 3. The van der Waals surface area contributed by atoms with Crippen LogP contribution in [0.3, 0.4) is 0 Å². The summed E-state index contributed by atoms with van der Waals surface area (Å²) < 4.78 is 5.14. The van der Waals surface area contributed by atoms with Crippen LogP contribution in [0.5, 0.6) is 0 Å². The summed E-state index contributed by atoms with van der Waals surface area (Å²) in [6.07, 6.45) is 0. The van der Waals surface area contributed by atoms with Gasteiger partial charge in [-0.3, -0.25) is 0 Å². The molecule has 0 aliphatic carbocycles. The Morgan fingerprint density at radius 2 is 2.20 bits per heavy atom. The van der Waals surface area contributed by atoms with Crippen molar-refractivity contribution in [2.75, 3.05) is 0 Å². The number of aromatic amines is 1. The molecule has 0 radical (unpaired) electrons. The molecule has 0 fully saturated rings. The summed E-state index contributed by atoms with van der Waals surface area (Å²) in [6, 6.07) is 5.18. The maximum absolute atomic E-state index is 11.2. The van der Waals surface area contributed by atoms with E-state index in [-0.39, 0.29) is 5.63 Å². The second kappa shape index (κ2) is 2.66. The number of nitrogens with one attached hydrogen (secondary N) is 1. The average molecular weight is 201 g/mol. The molecule has 0 saturated carbocycles. The number of aromatic nitrogens is 3. The van der Waals surface area contributed by atoms with E-state index in [0.29, 0.717) is 16.6 Å². The topological polar surface area (TPSA) is 71.8 Å². The summed E-state index contributed by atoms with van der Waals surface area (Å²) in [5, 5.41) is 11.3. The molecule has 5 heteroatoms. The predicted molar refractivity (Wildman–Crippen MR) is 54.7 cm³/mol. The van der Waals surface area contributed by atoms with Gasteiger partial charge in [-0.2, -0.15) is 15.4 Å². The Morgan fingerprint density at radius 3 is 3.07 bits per heavy atom. The molecule has 0 spiro atoms. The van der Waals surface area contributed by atoms with Gasteiger partial charge in [-0.25, -0.2) is 4.79 Å². The third kappa shape index (κ3) is 1.06. The molecule has 1 N–H and O–H groups in total. The summed E-state index contributed by atoms with van der Waals surface area (Å²) in [6.45, 7) is 1.87. The standard InChI is InChI=1S/C10H7N3O2/c1-5-4-8(14)15-10-6(5)2-3-7-9(10)12-13-11-7/h2-4H,1H3,(H,11,12,13). The highest BCUT2D eigenvalue weighted by Gasteiger charge is 2.08. The molecule has 3 rings (SSSR count). The highest BCUT2D eigenvalue weighted by atomic mass is 16.4. The highest BCUT2D eigenvalue weighted by Crippen LogP contribution is 2.22. The minimum absolute atomic E-state index is 0.365. The lowest BCUT2D eigenvalue weighted by atomic mass is 10.1. The van der Waals surface area contributed by atoms with Crippen molar-refractivity contribution < 1.29 is 4.42 Å². The fraction of sp³-hybridized carbons (Fsp3) is 0.100. The molecule has 2 heterocycles. The van der Waals surface area contributed by atoms with Crippen molar-refractivity contribution in [1.82, 2.24) is 15.4 Å². The van der Waals surface area contributed by atoms with Gasteiger partial charge in [0, 0.05) is 11.5 Å². The lowest BCUT2D eigenvalue weighted by Gasteiger charge is -1.98. The molecule has 0 aliphatic rings. The minimum atomic E-state index is -0.365. The molecule has 0 atom stereocenters. The molecule has 5 nitrogen and oxygen atoms in total. The average Bonchev–Trinajstić information content (AvgIpc) is 2.65. The van der Waals surface area contributed by atoms with Gasteiger partial charge in [0.1, 0.15) is 5.52 Å². The first-order chi connectivity index (χ1) is 7.25. The maximum atomic E-state index is 11.2. The lowest BCUT2D eigenvalue weighted by Crippen LogP contribution is -1.97. The van der Waals surface area contributed by atoms with E-state index in [1.54, 1.807) is 0 Å². The van der Waals surface area contributed by atoms with Crippen LogP contribution in [0.15, 0.2) is 27.4 Å². The van der Waals surface area contributed by atoms with Crippen molar-refractivity contribution >= 4 is 22.0 Å². The number of aryl methyl sites for hydroxylation is 1. The number of hydrogen-bond acceptors (Lipinski definition) is 4. The number of hydrogen-bond donors (Lipinski definition) is 1. The summed E-state index contributed by atoms with van der Waals surface area (Å²) >= 11 is 0. The molecule has 74 valence electrons. The Kier molecular flexibility index (Phi) is 1.45. The van der Waals surface area contributed by atoms with Crippen LogP contribution in [0.4, 0.5) is 0 Å². The van der Waals surface area contributed by atoms with Gasteiger partial charge in [-0.05, 0) is 24.6 Å². The van der Waals surface area contributed by atoms with Gasteiger partial charge in [0.2, 0.25) is 0 Å². The van der Waals surface area contributed by atoms with Crippen LogP contribution in [0.25, 0.3) is 22.0 Å². The van der Waals surface area contributed by atoms with E-state index in [2.05, 4.69) is 15.4 Å². The van der Waals surface area contributed by atoms with Crippen LogP contribution >= 0.6 is 0 Å². The van der Waals surface area contributed by atoms with Gasteiger partial charge in [0.15, 0.2) is 11.1 Å². The predicted octanol–water partition coefficient (Wildman–Crippen LogP) is 1.37. The van der Waals surface area contributed by atoms with Crippen molar-refractivity contribution in [1.29, 1.82) is 0 Å². The van der Waals surface area contributed by atoms with Gasteiger partial charge in [-0.1, -0.05) is 0 Å². The van der Waals surface area contributed by atoms with Crippen molar-refractivity contribution in [2.24, 2.45) is 0 Å². The van der Waals surface area contributed by atoms with Crippen LogP contribution in [0.2, 0.25) is 0 Å². The summed E-state index contributed by atoms with van der Waals surface area (Å²) in [7, 11) is 0. The van der Waals surface area contributed by atoms with Gasteiger partial charge >= 0.3 is 5.63 Å². The van der Waals surface area contributed by atoms with Crippen LogP contribution in [0.1, 0.15) is 5.56 Å². The van der Waals surface area contributed by atoms with E-state index in [1.165, 1.54) is 6.07 Å². The van der Waals surface area contributed by atoms with E-state index < -0.39 is 0 Å². The normalized spacial score (nSPS) is 11.3. The molecule has 0 unspecified atom stereocenters. The SMILES string of the molecule is Cc1cc(=O)oc2c1ccc1n[nH]nc12. The van der Waals surface area contributed by atoms with Gasteiger partial charge in [-0.15, -0.1) is 0 Å². The molecule has 0 aliphatic heterocycles. The highest BCUT2D eigenvalue weighted by molar-refractivity contribution is 6.00. The first kappa shape index (κ1) is 8.16. The summed E-state index contributed by atoms with van der Waals surface area (Å²) in [4.78, 5) is 11.2. The maximum Gasteiger partial charge on any atom is 0.336 e. The molecular formula is C10H7N3O2. The zero-order valence-corrected chi connectivity index (χ0v) is 7.94. The molecule has 0 saturated heterocycles. The zero-order chi connectivity index (χ0) is 10.4. The fourth-order valence-electron chi connectivity index (χ4n) is 1.69. The van der Waals surface area contributed by atoms with Crippen molar-refractivity contribution in [3.05, 3.63) is 34.2 Å². The van der Waals surface area contributed by atoms with E-state index in [9.17, 15) is 4.79 Å². The van der Waals surface area contributed by atoms with Gasteiger partial charge < -0.3 is 4.42 Å². The van der Waals surface area contributed by atoms with Crippen LogP contribution in [0, 0.1) is 6.92 Å². The van der Waals surface area contributed by atoms with E-state index >= 15 is 0 Å². The van der Waals surface area contributed by atoms with Crippen LogP contribution < -0.4 is 5.63 Å². The van der Waals surface area contributed by atoms with E-state index in [1.807, 2.05) is 19.1 Å². The molecule has 3 aromatic rings. The minimum Gasteiger partial charge on any atom is -0.420 e. The molecule has 1 aromatic carbocycles. The quantitative estimate of drug-likeness (QED) is 0.557. The van der Waals surface area contributed by atoms with E-state index in [4.69, 9.17) is 4.42 Å². The molecule has 0 bridgehead atoms. The van der Waals surface area contributed by atoms with Crippen LogP contribution in [-0.2, 0) is 0 Å². The van der Waals surface area contributed by atoms with Crippen LogP contribution in [-0.4, -0.2) is 15.4 Å². The number of rotatable bonds is 0. The molecular weight excluding hydrogens is 194 g/mol. The van der Waals surface area contributed by atoms with Crippen molar-refractivity contribution in [2.45, 2.75) is 6.92 Å². The Morgan fingerprint density at radius 1 is 1.33 bits per heavy atom. The molecule has 0 amide bonds. The Labute approximate surface area is 83.7 Å².